The van der Waals surface area contributed by atoms with Crippen molar-refractivity contribution in [1.82, 2.24) is 9.97 Å². The van der Waals surface area contributed by atoms with E-state index in [1.807, 2.05) is 12.1 Å². The number of ether oxygens (including phenoxy) is 1. The maximum atomic E-state index is 11.8. The number of fused-ring (bicyclic) bond motifs is 1. The summed E-state index contributed by atoms with van der Waals surface area (Å²) in [6.45, 7) is 0. The monoisotopic (exact) mass is 253 g/mol. The van der Waals surface area contributed by atoms with Crippen LogP contribution in [0.5, 0.6) is 5.75 Å². The molecule has 5 heteroatoms. The summed E-state index contributed by atoms with van der Waals surface area (Å²) in [5.74, 6) is 0.499. The number of anilines is 1. The van der Waals surface area contributed by atoms with E-state index in [2.05, 4.69) is 15.3 Å². The predicted molar refractivity (Wildman–Crippen MR) is 72.2 cm³/mol. The summed E-state index contributed by atoms with van der Waals surface area (Å²) in [6.07, 6.45) is 2.86. The Balaban J connectivity index is 1.78. The van der Waals surface area contributed by atoms with Gasteiger partial charge < -0.3 is 9.72 Å². The Labute approximate surface area is 109 Å². The number of nitrogens with zero attached hydrogens (tertiary/aromatic N) is 1. The Morgan fingerprint density at radius 2 is 2.00 bits per heavy atom. The maximum Gasteiger partial charge on any atom is 0.417 e. The van der Waals surface area contributed by atoms with Crippen LogP contribution in [0.15, 0.2) is 54.9 Å². The molecule has 0 aliphatic rings. The van der Waals surface area contributed by atoms with E-state index in [1.54, 1.807) is 42.7 Å². The van der Waals surface area contributed by atoms with Crippen molar-refractivity contribution in [1.29, 1.82) is 0 Å². The van der Waals surface area contributed by atoms with E-state index in [-0.39, 0.29) is 0 Å². The van der Waals surface area contributed by atoms with Crippen LogP contribution in [0.25, 0.3) is 11.0 Å². The summed E-state index contributed by atoms with van der Waals surface area (Å²) in [4.78, 5) is 18.9. The van der Waals surface area contributed by atoms with Gasteiger partial charge in [0.2, 0.25) is 0 Å². The molecule has 0 saturated carbocycles. The summed E-state index contributed by atoms with van der Waals surface area (Å²) in [5, 5.41) is 3.54. The van der Waals surface area contributed by atoms with Gasteiger partial charge in [-0.2, -0.15) is 0 Å². The molecule has 0 radical (unpaired) electrons. The number of pyridine rings is 1. The smallest absolute Gasteiger partial charge is 0.410 e. The fraction of sp³-hybridized carbons (Fsp3) is 0. The van der Waals surface area contributed by atoms with Crippen molar-refractivity contribution >= 4 is 22.8 Å². The van der Waals surface area contributed by atoms with Gasteiger partial charge in [0.1, 0.15) is 11.4 Å². The van der Waals surface area contributed by atoms with Crippen molar-refractivity contribution < 1.29 is 9.53 Å². The van der Waals surface area contributed by atoms with Crippen LogP contribution in [0, 0.1) is 0 Å². The Morgan fingerprint density at radius 1 is 1.16 bits per heavy atom. The fourth-order valence-electron chi connectivity index (χ4n) is 1.80. The van der Waals surface area contributed by atoms with E-state index in [0.717, 1.165) is 11.0 Å². The lowest BCUT2D eigenvalue weighted by atomic mass is 10.3. The lowest BCUT2D eigenvalue weighted by molar-refractivity contribution is 0.215. The second-order valence-electron chi connectivity index (χ2n) is 3.93. The first-order valence-corrected chi connectivity index (χ1v) is 5.79. The van der Waals surface area contributed by atoms with Gasteiger partial charge in [-0.15, -0.1) is 0 Å². The van der Waals surface area contributed by atoms with Crippen LogP contribution in [0.1, 0.15) is 0 Å². The number of carbonyl (C=O) groups excluding carboxylic acids is 1. The molecule has 0 unspecified atom stereocenters. The Hall–Kier alpha value is -2.82. The first-order chi connectivity index (χ1) is 9.33. The highest BCUT2D eigenvalue weighted by molar-refractivity contribution is 5.97. The normalized spacial score (nSPS) is 10.3. The number of aromatic nitrogens is 2. The highest BCUT2D eigenvalue weighted by atomic mass is 16.6. The van der Waals surface area contributed by atoms with Crippen molar-refractivity contribution in [3.63, 3.8) is 0 Å². The maximum absolute atomic E-state index is 11.8. The van der Waals surface area contributed by atoms with Gasteiger partial charge in [-0.05, 0) is 24.3 Å². The summed E-state index contributed by atoms with van der Waals surface area (Å²) in [6, 6.07) is 12.5. The number of rotatable bonds is 2. The van der Waals surface area contributed by atoms with Crippen LogP contribution >= 0.6 is 0 Å². The third-order valence-electron chi connectivity index (χ3n) is 2.65. The minimum absolute atomic E-state index is 0.499. The van der Waals surface area contributed by atoms with Gasteiger partial charge in [0.15, 0.2) is 0 Å². The zero-order valence-electron chi connectivity index (χ0n) is 9.96. The van der Waals surface area contributed by atoms with Gasteiger partial charge in [-0.25, -0.2) is 9.78 Å². The van der Waals surface area contributed by atoms with Crippen LogP contribution in [0.4, 0.5) is 10.5 Å². The fourth-order valence-corrected chi connectivity index (χ4v) is 1.80. The Kier molecular flexibility index (Phi) is 2.86. The predicted octanol–water partition coefficient (Wildman–Crippen LogP) is 3.17. The summed E-state index contributed by atoms with van der Waals surface area (Å²) in [7, 11) is 0. The molecule has 0 aliphatic carbocycles. The minimum atomic E-state index is -0.528. The molecule has 1 amide bonds. The number of amides is 1. The molecule has 0 atom stereocenters. The molecular weight excluding hydrogens is 242 g/mol. The number of hydrogen-bond donors (Lipinski definition) is 2. The van der Waals surface area contributed by atoms with Crippen LogP contribution in [-0.4, -0.2) is 16.1 Å². The molecule has 2 N–H and O–H groups in total. The van der Waals surface area contributed by atoms with Gasteiger partial charge in [0.25, 0.3) is 0 Å². The molecule has 94 valence electrons. The zero-order chi connectivity index (χ0) is 13.1. The average molecular weight is 253 g/mol. The standard InChI is InChI=1S/C14H11N3O2/c18-14(19-10-4-2-1-3-5-10)17-12-7-9-16-13-11(12)6-8-15-13/h1-9H,(H2,15,16,17,18). The number of H-pyrrole nitrogens is 1. The third kappa shape index (κ3) is 2.40. The van der Waals surface area contributed by atoms with Crippen LogP contribution < -0.4 is 10.1 Å². The number of para-hydroxylation sites is 1. The molecule has 0 aliphatic heterocycles. The van der Waals surface area contributed by atoms with Crippen molar-refractivity contribution in [3.05, 3.63) is 54.9 Å². The topological polar surface area (TPSA) is 67.0 Å². The van der Waals surface area contributed by atoms with E-state index in [0.29, 0.717) is 11.4 Å². The van der Waals surface area contributed by atoms with Crippen molar-refractivity contribution in [2.45, 2.75) is 0 Å². The van der Waals surface area contributed by atoms with Crippen molar-refractivity contribution in [2.75, 3.05) is 5.32 Å². The average Bonchev–Trinajstić information content (AvgIpc) is 2.89. The zero-order valence-corrected chi connectivity index (χ0v) is 9.96. The number of benzene rings is 1. The SMILES string of the molecule is O=C(Nc1ccnc2[nH]ccc12)Oc1ccccc1. The van der Waals surface area contributed by atoms with E-state index in [9.17, 15) is 4.79 Å². The summed E-state index contributed by atoms with van der Waals surface area (Å²) in [5.41, 5.74) is 1.38. The van der Waals surface area contributed by atoms with E-state index >= 15 is 0 Å². The Morgan fingerprint density at radius 3 is 2.84 bits per heavy atom. The molecule has 5 nitrogen and oxygen atoms in total. The highest BCUT2D eigenvalue weighted by Gasteiger charge is 2.08. The molecule has 0 fully saturated rings. The lowest BCUT2D eigenvalue weighted by Crippen LogP contribution is -2.16. The molecule has 2 heterocycles. The van der Waals surface area contributed by atoms with Crippen LogP contribution in [0.2, 0.25) is 0 Å². The van der Waals surface area contributed by atoms with E-state index < -0.39 is 6.09 Å². The third-order valence-corrected chi connectivity index (χ3v) is 2.65. The van der Waals surface area contributed by atoms with Gasteiger partial charge in [-0.3, -0.25) is 5.32 Å². The van der Waals surface area contributed by atoms with Gasteiger partial charge in [0.05, 0.1) is 5.69 Å². The van der Waals surface area contributed by atoms with Crippen LogP contribution in [0.3, 0.4) is 0 Å². The second-order valence-corrected chi connectivity index (χ2v) is 3.93. The van der Waals surface area contributed by atoms with Gasteiger partial charge >= 0.3 is 6.09 Å². The molecule has 2 aromatic heterocycles. The van der Waals surface area contributed by atoms with E-state index in [1.165, 1.54) is 0 Å². The second kappa shape index (κ2) is 4.81. The molecule has 0 spiro atoms. The van der Waals surface area contributed by atoms with Gasteiger partial charge in [0, 0.05) is 17.8 Å². The van der Waals surface area contributed by atoms with Crippen LogP contribution in [-0.2, 0) is 0 Å². The summed E-state index contributed by atoms with van der Waals surface area (Å²) < 4.78 is 5.16. The lowest BCUT2D eigenvalue weighted by Gasteiger charge is -2.07. The highest BCUT2D eigenvalue weighted by Crippen LogP contribution is 2.20. The molecule has 19 heavy (non-hydrogen) atoms. The first-order valence-electron chi connectivity index (χ1n) is 5.79. The van der Waals surface area contributed by atoms with Crippen molar-refractivity contribution in [3.8, 4) is 5.75 Å². The minimum Gasteiger partial charge on any atom is -0.410 e. The number of carbonyl (C=O) groups is 1. The summed E-state index contributed by atoms with van der Waals surface area (Å²) >= 11 is 0. The first kappa shape index (κ1) is 11.3. The molecular formula is C14H11N3O2. The Bertz CT molecular complexity index is 707. The largest absolute Gasteiger partial charge is 0.417 e. The molecule has 1 aromatic carbocycles. The molecule has 3 rings (SSSR count). The molecule has 0 bridgehead atoms. The van der Waals surface area contributed by atoms with E-state index in [4.69, 9.17) is 4.74 Å². The molecule has 0 saturated heterocycles. The number of nitrogens with one attached hydrogen (secondary N) is 2. The van der Waals surface area contributed by atoms with Gasteiger partial charge in [-0.1, -0.05) is 18.2 Å². The van der Waals surface area contributed by atoms with Crippen molar-refractivity contribution in [2.24, 2.45) is 0 Å². The number of aromatic amines is 1. The quantitative estimate of drug-likeness (QED) is 0.737. The molecule has 3 aromatic rings. The number of hydrogen-bond acceptors (Lipinski definition) is 3.